The van der Waals surface area contributed by atoms with E-state index in [-0.39, 0.29) is 18.4 Å². The Morgan fingerprint density at radius 1 is 1.17 bits per heavy atom. The van der Waals surface area contributed by atoms with Gasteiger partial charge in [0.1, 0.15) is 5.82 Å². The molecule has 1 aliphatic carbocycles. The largest absolute Gasteiger partial charge is 0.367 e. The summed E-state index contributed by atoms with van der Waals surface area (Å²) in [6.07, 6.45) is 6.58. The second-order valence-corrected chi connectivity index (χ2v) is 12.3. The van der Waals surface area contributed by atoms with Crippen molar-refractivity contribution >= 4 is 35.0 Å². The predicted octanol–water partition coefficient (Wildman–Crippen LogP) is 3.31. The lowest BCUT2D eigenvalue weighted by molar-refractivity contribution is -0.128. The van der Waals surface area contributed by atoms with E-state index >= 15 is 0 Å². The van der Waals surface area contributed by atoms with Gasteiger partial charge in [-0.3, -0.25) is 4.79 Å². The maximum absolute atomic E-state index is 12.5. The van der Waals surface area contributed by atoms with Crippen molar-refractivity contribution in [2.75, 3.05) is 68.1 Å². The summed E-state index contributed by atoms with van der Waals surface area (Å²) in [5.41, 5.74) is 4.87. The van der Waals surface area contributed by atoms with Crippen LogP contribution in [0.4, 0.5) is 17.5 Å². The molecular weight excluding hydrogens is 536 g/mol. The van der Waals surface area contributed by atoms with Crippen LogP contribution in [-0.2, 0) is 24.1 Å². The standard InChI is InChI=1S/C31H39ClN8O/c1-4-28(41)39-16-15-37(18-23(39)12-13-33)30-25-11-10-22(40-14-6-8-21-7-5-9-26(32)29(21)40)17-27(25)34-31(35-30)38-19-24(20-38)36(2)3/h4-5,7,9,22-24H,1,6,8,10-12,14-20H2,2-3H3/t22-,23+/m1/s1. The Morgan fingerprint density at radius 2 is 2.00 bits per heavy atom. The highest BCUT2D eigenvalue weighted by Crippen LogP contribution is 2.40. The molecule has 1 aromatic carbocycles. The number of para-hydroxylation sites is 1. The lowest BCUT2D eigenvalue weighted by Crippen LogP contribution is -2.58. The quantitative estimate of drug-likeness (QED) is 0.486. The molecule has 2 aromatic rings. The number of amides is 1. The summed E-state index contributed by atoms with van der Waals surface area (Å²) in [6, 6.07) is 9.18. The van der Waals surface area contributed by atoms with Gasteiger partial charge in [-0.15, -0.1) is 0 Å². The van der Waals surface area contributed by atoms with Crippen LogP contribution in [0.15, 0.2) is 30.9 Å². The van der Waals surface area contributed by atoms with Crippen LogP contribution in [0, 0.1) is 11.3 Å². The summed E-state index contributed by atoms with van der Waals surface area (Å²) in [5, 5.41) is 10.4. The van der Waals surface area contributed by atoms with Gasteiger partial charge in [0.15, 0.2) is 0 Å². The van der Waals surface area contributed by atoms with E-state index in [2.05, 4.69) is 58.5 Å². The Labute approximate surface area is 248 Å². The number of carbonyl (C=O) groups excluding carboxylic acids is 1. The van der Waals surface area contributed by atoms with Gasteiger partial charge in [-0.05, 0) is 57.5 Å². The van der Waals surface area contributed by atoms with Crippen LogP contribution in [0.1, 0.15) is 36.1 Å². The fourth-order valence-corrected chi connectivity index (χ4v) is 7.22. The molecule has 10 heteroatoms. The number of anilines is 3. The Hall–Kier alpha value is -3.35. The van der Waals surface area contributed by atoms with Crippen LogP contribution in [0.5, 0.6) is 0 Å². The SMILES string of the molecule is C=CC(=O)N1CCN(c2nc(N3CC(N(C)C)C3)nc3c2CC[C@@H](N2CCCc4cccc(Cl)c42)C3)C[C@@H]1CC#N. The van der Waals surface area contributed by atoms with Gasteiger partial charge in [0.2, 0.25) is 11.9 Å². The maximum atomic E-state index is 12.5. The van der Waals surface area contributed by atoms with Crippen molar-refractivity contribution in [2.24, 2.45) is 0 Å². The van der Waals surface area contributed by atoms with Crippen LogP contribution < -0.4 is 14.7 Å². The zero-order chi connectivity index (χ0) is 28.7. The van der Waals surface area contributed by atoms with Crippen LogP contribution >= 0.6 is 11.6 Å². The third-order valence-corrected chi connectivity index (χ3v) is 9.61. The van der Waals surface area contributed by atoms with Gasteiger partial charge in [0.05, 0.1) is 34.9 Å². The minimum absolute atomic E-state index is 0.117. The Kier molecular flexibility index (Phi) is 7.80. The van der Waals surface area contributed by atoms with Gasteiger partial charge in [-0.1, -0.05) is 30.3 Å². The smallest absolute Gasteiger partial charge is 0.246 e. The van der Waals surface area contributed by atoms with Gasteiger partial charge >= 0.3 is 0 Å². The monoisotopic (exact) mass is 574 g/mol. The van der Waals surface area contributed by atoms with Gasteiger partial charge in [0, 0.05) is 63.3 Å². The minimum Gasteiger partial charge on any atom is -0.367 e. The molecule has 2 fully saturated rings. The number of nitrogens with zero attached hydrogens (tertiary/aromatic N) is 8. The molecule has 1 amide bonds. The highest BCUT2D eigenvalue weighted by atomic mass is 35.5. The molecule has 2 atom stereocenters. The Balaban J connectivity index is 1.33. The molecule has 0 saturated carbocycles. The van der Waals surface area contributed by atoms with E-state index in [1.165, 1.54) is 22.9 Å². The number of benzene rings is 1. The normalized spacial score (nSPS) is 22.6. The molecule has 4 heterocycles. The maximum Gasteiger partial charge on any atom is 0.246 e. The van der Waals surface area contributed by atoms with E-state index in [0.717, 1.165) is 74.2 Å². The molecule has 0 unspecified atom stereocenters. The summed E-state index contributed by atoms with van der Waals surface area (Å²) in [4.78, 5) is 34.0. The topological polar surface area (TPSA) is 82.8 Å². The van der Waals surface area contributed by atoms with Gasteiger partial charge < -0.3 is 24.5 Å². The van der Waals surface area contributed by atoms with Crippen LogP contribution in [0.25, 0.3) is 0 Å². The van der Waals surface area contributed by atoms with Crippen molar-refractivity contribution in [1.82, 2.24) is 19.8 Å². The molecule has 0 N–H and O–H groups in total. The number of hydrogen-bond acceptors (Lipinski definition) is 8. The van der Waals surface area contributed by atoms with Gasteiger partial charge in [0.25, 0.3) is 0 Å². The third kappa shape index (κ3) is 5.24. The van der Waals surface area contributed by atoms with Crippen LogP contribution in [0.2, 0.25) is 5.02 Å². The molecule has 0 radical (unpaired) electrons. The molecule has 0 bridgehead atoms. The zero-order valence-corrected chi connectivity index (χ0v) is 24.9. The Bertz CT molecular complexity index is 1370. The first kappa shape index (κ1) is 27.8. The Morgan fingerprint density at radius 3 is 2.76 bits per heavy atom. The fraction of sp³-hybridized carbons (Fsp3) is 0.548. The molecule has 4 aliphatic rings. The highest BCUT2D eigenvalue weighted by molar-refractivity contribution is 6.33. The number of piperazine rings is 1. The first-order valence-electron chi connectivity index (χ1n) is 14.8. The van der Waals surface area contributed by atoms with E-state index in [9.17, 15) is 10.1 Å². The number of carbonyl (C=O) groups is 1. The number of likely N-dealkylation sites (N-methyl/N-ethyl adjacent to an activating group) is 1. The molecule has 41 heavy (non-hydrogen) atoms. The first-order valence-corrected chi connectivity index (χ1v) is 15.2. The molecular formula is C31H39ClN8O. The zero-order valence-electron chi connectivity index (χ0n) is 24.1. The van der Waals surface area contributed by atoms with Crippen molar-refractivity contribution in [2.45, 2.75) is 56.7 Å². The predicted molar refractivity (Wildman–Crippen MR) is 163 cm³/mol. The van der Waals surface area contributed by atoms with E-state index in [1.54, 1.807) is 4.90 Å². The molecule has 1 aromatic heterocycles. The third-order valence-electron chi connectivity index (χ3n) is 9.30. The number of aromatic nitrogens is 2. The lowest BCUT2D eigenvalue weighted by Gasteiger charge is -2.45. The summed E-state index contributed by atoms with van der Waals surface area (Å²) < 4.78 is 0. The van der Waals surface area contributed by atoms with Crippen molar-refractivity contribution < 1.29 is 4.79 Å². The number of rotatable bonds is 6. The van der Waals surface area contributed by atoms with Crippen LogP contribution in [-0.4, -0.2) is 97.2 Å². The second-order valence-electron chi connectivity index (χ2n) is 11.9. The van der Waals surface area contributed by atoms with Gasteiger partial charge in [-0.2, -0.15) is 10.2 Å². The van der Waals surface area contributed by atoms with Gasteiger partial charge in [-0.25, -0.2) is 4.98 Å². The summed E-state index contributed by atoms with van der Waals surface area (Å²) >= 11 is 6.76. The average molecular weight is 575 g/mol. The van der Waals surface area contributed by atoms with E-state index < -0.39 is 0 Å². The van der Waals surface area contributed by atoms with Crippen molar-refractivity contribution in [3.05, 3.63) is 52.7 Å². The molecule has 0 spiro atoms. The highest BCUT2D eigenvalue weighted by Gasteiger charge is 2.37. The van der Waals surface area contributed by atoms with E-state index in [1.807, 2.05) is 6.07 Å². The van der Waals surface area contributed by atoms with Crippen molar-refractivity contribution in [3.8, 4) is 6.07 Å². The van der Waals surface area contributed by atoms with Crippen molar-refractivity contribution in [1.29, 1.82) is 5.26 Å². The fourth-order valence-electron chi connectivity index (χ4n) is 6.92. The number of aryl methyl sites for hydroxylation is 1. The molecule has 9 nitrogen and oxygen atoms in total. The minimum atomic E-state index is -0.196. The number of hydrogen-bond donors (Lipinski definition) is 0. The first-order chi connectivity index (χ1) is 19.9. The summed E-state index contributed by atoms with van der Waals surface area (Å²) in [5.74, 6) is 1.65. The molecule has 2 saturated heterocycles. The number of fused-ring (bicyclic) bond motifs is 2. The van der Waals surface area contributed by atoms with E-state index in [0.29, 0.717) is 31.7 Å². The number of nitriles is 1. The lowest BCUT2D eigenvalue weighted by atomic mass is 9.88. The number of halogens is 1. The molecule has 6 rings (SSSR count). The second kappa shape index (κ2) is 11.5. The van der Waals surface area contributed by atoms with Crippen molar-refractivity contribution in [3.63, 3.8) is 0 Å². The summed E-state index contributed by atoms with van der Waals surface area (Å²) in [7, 11) is 4.24. The molecule has 216 valence electrons. The summed E-state index contributed by atoms with van der Waals surface area (Å²) in [6.45, 7) is 8.28. The molecule has 3 aliphatic heterocycles. The van der Waals surface area contributed by atoms with E-state index in [4.69, 9.17) is 21.6 Å². The van der Waals surface area contributed by atoms with Crippen LogP contribution in [0.3, 0.4) is 0 Å². The average Bonchev–Trinajstić information content (AvgIpc) is 2.95.